The number of aromatic carboxylic acids is 1. The summed E-state index contributed by atoms with van der Waals surface area (Å²) in [6.45, 7) is 0. The average molecular weight is 302 g/mol. The molecule has 4 nitrogen and oxygen atoms in total. The average Bonchev–Trinajstić information content (AvgIpc) is 2.32. The summed E-state index contributed by atoms with van der Waals surface area (Å²) < 4.78 is 18.6. The number of hydrogen-bond donors (Lipinski definition) is 1. The van der Waals surface area contributed by atoms with Crippen molar-refractivity contribution in [3.63, 3.8) is 0 Å². The van der Waals surface area contributed by atoms with Gasteiger partial charge < -0.3 is 9.84 Å². The molecule has 0 atom stereocenters. The predicted molar refractivity (Wildman–Crippen MR) is 67.7 cm³/mol. The number of benzene rings is 1. The second-order valence-corrected chi connectivity index (χ2v) is 4.36. The Bertz CT molecular complexity index is 649. The molecule has 0 aliphatic rings. The lowest BCUT2D eigenvalue weighted by Gasteiger charge is -2.09. The van der Waals surface area contributed by atoms with Crippen molar-refractivity contribution in [3.8, 4) is 11.6 Å². The Kier molecular flexibility index (Phi) is 3.87. The first kappa shape index (κ1) is 13.6. The number of aromatic nitrogens is 1. The van der Waals surface area contributed by atoms with E-state index in [1.165, 1.54) is 24.4 Å². The van der Waals surface area contributed by atoms with E-state index < -0.39 is 11.8 Å². The van der Waals surface area contributed by atoms with E-state index in [1.54, 1.807) is 0 Å². The molecule has 0 fully saturated rings. The number of ether oxygens (including phenoxy) is 1. The van der Waals surface area contributed by atoms with E-state index >= 15 is 0 Å². The maximum atomic E-state index is 13.5. The smallest absolute Gasteiger partial charge is 0.339 e. The van der Waals surface area contributed by atoms with Gasteiger partial charge in [-0.25, -0.2) is 14.2 Å². The highest BCUT2D eigenvalue weighted by molar-refractivity contribution is 6.31. The highest BCUT2D eigenvalue weighted by Crippen LogP contribution is 2.29. The molecule has 0 radical (unpaired) electrons. The SMILES string of the molecule is O=C(O)c1ccc(Cl)cc1Oc1ncc(Cl)cc1F. The molecular weight excluding hydrogens is 296 g/mol. The zero-order valence-electron chi connectivity index (χ0n) is 9.23. The van der Waals surface area contributed by atoms with Crippen molar-refractivity contribution in [2.45, 2.75) is 0 Å². The van der Waals surface area contributed by atoms with Crippen LogP contribution in [0.4, 0.5) is 4.39 Å². The van der Waals surface area contributed by atoms with Gasteiger partial charge in [0.25, 0.3) is 5.88 Å². The molecule has 0 aliphatic carbocycles. The maximum Gasteiger partial charge on any atom is 0.339 e. The summed E-state index contributed by atoms with van der Waals surface area (Å²) in [6, 6.07) is 4.92. The molecule has 1 aromatic heterocycles. The highest BCUT2D eigenvalue weighted by Gasteiger charge is 2.15. The number of nitrogens with zero attached hydrogens (tertiary/aromatic N) is 1. The van der Waals surface area contributed by atoms with Crippen LogP contribution in [-0.4, -0.2) is 16.1 Å². The summed E-state index contributed by atoms with van der Waals surface area (Å²) in [7, 11) is 0. The van der Waals surface area contributed by atoms with Gasteiger partial charge in [-0.3, -0.25) is 0 Å². The van der Waals surface area contributed by atoms with Crippen LogP contribution in [0.3, 0.4) is 0 Å². The molecule has 0 unspecified atom stereocenters. The molecule has 1 aromatic carbocycles. The number of rotatable bonds is 3. The predicted octanol–water partition coefficient (Wildman–Crippen LogP) is 4.02. The van der Waals surface area contributed by atoms with Gasteiger partial charge in [-0.15, -0.1) is 0 Å². The number of pyridine rings is 1. The Morgan fingerprint density at radius 2 is 2.00 bits per heavy atom. The van der Waals surface area contributed by atoms with E-state index in [-0.39, 0.29) is 27.2 Å². The first-order chi connectivity index (χ1) is 8.97. The van der Waals surface area contributed by atoms with Crippen molar-refractivity contribution in [3.05, 3.63) is 51.9 Å². The Morgan fingerprint density at radius 3 is 2.63 bits per heavy atom. The number of carbonyl (C=O) groups is 1. The topological polar surface area (TPSA) is 59.4 Å². The minimum atomic E-state index is -1.22. The lowest BCUT2D eigenvalue weighted by Crippen LogP contribution is -2.01. The summed E-state index contributed by atoms with van der Waals surface area (Å²) >= 11 is 11.3. The van der Waals surface area contributed by atoms with Gasteiger partial charge in [0.05, 0.1) is 5.02 Å². The van der Waals surface area contributed by atoms with E-state index in [2.05, 4.69) is 4.98 Å². The molecule has 0 amide bonds. The molecular formula is C12H6Cl2FNO3. The molecule has 0 spiro atoms. The van der Waals surface area contributed by atoms with Crippen LogP contribution in [0.5, 0.6) is 11.6 Å². The van der Waals surface area contributed by atoms with Crippen molar-refractivity contribution in [2.75, 3.05) is 0 Å². The molecule has 0 saturated carbocycles. The molecule has 0 saturated heterocycles. The normalized spacial score (nSPS) is 10.3. The van der Waals surface area contributed by atoms with Crippen molar-refractivity contribution < 1.29 is 19.0 Å². The summed E-state index contributed by atoms with van der Waals surface area (Å²) in [5.74, 6) is -2.51. The van der Waals surface area contributed by atoms with Crippen molar-refractivity contribution in [2.24, 2.45) is 0 Å². The molecule has 0 bridgehead atoms. The molecule has 19 heavy (non-hydrogen) atoms. The lowest BCUT2D eigenvalue weighted by molar-refractivity contribution is 0.0694. The fourth-order valence-corrected chi connectivity index (χ4v) is 1.65. The van der Waals surface area contributed by atoms with Crippen LogP contribution in [0, 0.1) is 5.82 Å². The second-order valence-electron chi connectivity index (χ2n) is 3.49. The summed E-state index contributed by atoms with van der Waals surface area (Å²) in [4.78, 5) is 14.6. The van der Waals surface area contributed by atoms with Crippen LogP contribution < -0.4 is 4.74 Å². The van der Waals surface area contributed by atoms with Crippen LogP contribution >= 0.6 is 23.2 Å². The molecule has 98 valence electrons. The van der Waals surface area contributed by atoms with Crippen LogP contribution in [0.2, 0.25) is 10.0 Å². The number of carboxylic acids is 1. The van der Waals surface area contributed by atoms with Gasteiger partial charge in [0, 0.05) is 17.3 Å². The van der Waals surface area contributed by atoms with Gasteiger partial charge in [0.15, 0.2) is 5.82 Å². The highest BCUT2D eigenvalue weighted by atomic mass is 35.5. The Balaban J connectivity index is 2.42. The van der Waals surface area contributed by atoms with E-state index in [1.807, 2.05) is 0 Å². The van der Waals surface area contributed by atoms with Crippen LogP contribution in [0.15, 0.2) is 30.5 Å². The van der Waals surface area contributed by atoms with Gasteiger partial charge in [-0.1, -0.05) is 23.2 Å². The van der Waals surface area contributed by atoms with Crippen LogP contribution in [0.25, 0.3) is 0 Å². The second kappa shape index (κ2) is 5.42. The molecule has 7 heteroatoms. The van der Waals surface area contributed by atoms with E-state index in [0.717, 1.165) is 6.07 Å². The minimum absolute atomic E-state index is 0.103. The van der Waals surface area contributed by atoms with E-state index in [4.69, 9.17) is 33.0 Å². The van der Waals surface area contributed by atoms with Crippen LogP contribution in [0.1, 0.15) is 10.4 Å². The summed E-state index contributed by atoms with van der Waals surface area (Å²) in [6.07, 6.45) is 1.19. The fraction of sp³-hybridized carbons (Fsp3) is 0. The molecule has 1 N–H and O–H groups in total. The van der Waals surface area contributed by atoms with Crippen molar-refractivity contribution in [1.82, 2.24) is 4.98 Å². The molecule has 0 aliphatic heterocycles. The quantitative estimate of drug-likeness (QED) is 0.930. The first-order valence-electron chi connectivity index (χ1n) is 4.99. The zero-order chi connectivity index (χ0) is 14.0. The number of halogens is 3. The summed E-state index contributed by atoms with van der Waals surface area (Å²) in [5, 5.41) is 9.35. The Labute approximate surface area is 117 Å². The van der Waals surface area contributed by atoms with Crippen LogP contribution in [-0.2, 0) is 0 Å². The minimum Gasteiger partial charge on any atom is -0.478 e. The van der Waals surface area contributed by atoms with Gasteiger partial charge in [0.1, 0.15) is 11.3 Å². The molecule has 1 heterocycles. The molecule has 2 rings (SSSR count). The van der Waals surface area contributed by atoms with Crippen molar-refractivity contribution in [1.29, 1.82) is 0 Å². The van der Waals surface area contributed by atoms with E-state index in [9.17, 15) is 9.18 Å². The zero-order valence-corrected chi connectivity index (χ0v) is 10.7. The van der Waals surface area contributed by atoms with Gasteiger partial charge in [-0.2, -0.15) is 0 Å². The third-order valence-electron chi connectivity index (χ3n) is 2.15. The fourth-order valence-electron chi connectivity index (χ4n) is 1.34. The van der Waals surface area contributed by atoms with Gasteiger partial charge >= 0.3 is 5.97 Å². The third kappa shape index (κ3) is 3.13. The lowest BCUT2D eigenvalue weighted by atomic mass is 10.2. The Morgan fingerprint density at radius 1 is 1.26 bits per heavy atom. The molecule has 2 aromatic rings. The summed E-state index contributed by atoms with van der Waals surface area (Å²) in [5.41, 5.74) is -0.152. The number of carboxylic acid groups (broad SMARTS) is 1. The van der Waals surface area contributed by atoms with E-state index in [0.29, 0.717) is 0 Å². The Hall–Kier alpha value is -1.85. The maximum absolute atomic E-state index is 13.5. The number of hydrogen-bond acceptors (Lipinski definition) is 3. The third-order valence-corrected chi connectivity index (χ3v) is 2.60. The monoisotopic (exact) mass is 301 g/mol. The standard InChI is InChI=1S/C12H6Cl2FNO3/c13-6-1-2-8(12(17)18)10(4-6)19-11-9(15)3-7(14)5-16-11/h1-5H,(H,17,18). The largest absolute Gasteiger partial charge is 0.478 e. The van der Waals surface area contributed by atoms with Gasteiger partial charge in [0.2, 0.25) is 0 Å². The van der Waals surface area contributed by atoms with Crippen molar-refractivity contribution >= 4 is 29.2 Å². The first-order valence-corrected chi connectivity index (χ1v) is 5.74. The van der Waals surface area contributed by atoms with Gasteiger partial charge in [-0.05, 0) is 18.2 Å².